The van der Waals surface area contributed by atoms with Crippen molar-refractivity contribution >= 4 is 5.78 Å². The molecule has 0 amide bonds. The van der Waals surface area contributed by atoms with Crippen molar-refractivity contribution in [2.45, 2.75) is 51.7 Å². The average molecular weight is 246 g/mol. The number of carbonyl (C=O) groups is 1. The van der Waals surface area contributed by atoms with E-state index >= 15 is 0 Å². The Hall–Kier alpha value is -1.35. The van der Waals surface area contributed by atoms with Crippen molar-refractivity contribution in [1.82, 2.24) is 0 Å². The molecule has 3 nitrogen and oxygen atoms in total. The summed E-state index contributed by atoms with van der Waals surface area (Å²) in [6.07, 6.45) is 6.21. The number of ether oxygens (including phenoxy) is 1. The van der Waals surface area contributed by atoms with E-state index in [1.54, 1.807) is 6.26 Å². The second-order valence-electron chi connectivity index (χ2n) is 5.66. The SMILES string of the molecule is CC1=CCC[C@@]2(C)O[C@@H]2C(=O)c2c(C)coc2C1. The van der Waals surface area contributed by atoms with Gasteiger partial charge in [0, 0.05) is 6.42 Å². The molecule has 1 aromatic heterocycles. The molecule has 0 unspecified atom stereocenters. The van der Waals surface area contributed by atoms with Crippen LogP contribution in [0.4, 0.5) is 0 Å². The van der Waals surface area contributed by atoms with Gasteiger partial charge in [0.25, 0.3) is 0 Å². The second kappa shape index (κ2) is 3.82. The van der Waals surface area contributed by atoms with E-state index in [1.807, 2.05) is 13.8 Å². The summed E-state index contributed by atoms with van der Waals surface area (Å²) in [7, 11) is 0. The number of furan rings is 1. The van der Waals surface area contributed by atoms with E-state index in [1.165, 1.54) is 5.57 Å². The standard InChI is InChI=1S/C15H18O3/c1-9-5-4-6-15(3)14(18-15)13(16)12-10(2)8-17-11(12)7-9/h5,8,14H,4,6-7H2,1-3H3/t14-,15-/m1/s1. The Bertz CT molecular complexity index is 538. The van der Waals surface area contributed by atoms with Crippen LogP contribution in [0.25, 0.3) is 0 Å². The van der Waals surface area contributed by atoms with Crippen LogP contribution in [0.1, 0.15) is 48.4 Å². The van der Waals surface area contributed by atoms with Crippen LogP contribution in [0.5, 0.6) is 0 Å². The Kier molecular flexibility index (Phi) is 2.49. The van der Waals surface area contributed by atoms with E-state index in [4.69, 9.17) is 9.15 Å². The Morgan fingerprint density at radius 1 is 1.39 bits per heavy atom. The molecule has 2 atom stereocenters. The summed E-state index contributed by atoms with van der Waals surface area (Å²) >= 11 is 0. The summed E-state index contributed by atoms with van der Waals surface area (Å²) in [4.78, 5) is 12.5. The van der Waals surface area contributed by atoms with Crippen LogP contribution in [-0.4, -0.2) is 17.5 Å². The lowest BCUT2D eigenvalue weighted by molar-refractivity contribution is 0.0951. The fourth-order valence-electron chi connectivity index (χ4n) is 2.78. The molecule has 1 aliphatic heterocycles. The molecule has 3 rings (SSSR count). The minimum atomic E-state index is -0.278. The molecule has 0 N–H and O–H groups in total. The molecular formula is C15H18O3. The molecule has 0 aromatic carbocycles. The molecule has 3 heteroatoms. The molecule has 0 radical (unpaired) electrons. The van der Waals surface area contributed by atoms with E-state index in [0.717, 1.165) is 36.1 Å². The third-order valence-electron chi connectivity index (χ3n) is 3.99. The minimum Gasteiger partial charge on any atom is -0.468 e. The number of hydrogen-bond acceptors (Lipinski definition) is 3. The van der Waals surface area contributed by atoms with Crippen LogP contribution in [0.3, 0.4) is 0 Å². The molecule has 0 spiro atoms. The largest absolute Gasteiger partial charge is 0.468 e. The summed E-state index contributed by atoms with van der Waals surface area (Å²) in [6, 6.07) is 0. The zero-order valence-corrected chi connectivity index (χ0v) is 11.1. The third-order valence-corrected chi connectivity index (χ3v) is 3.99. The van der Waals surface area contributed by atoms with Crippen molar-refractivity contribution in [3.8, 4) is 0 Å². The van der Waals surface area contributed by atoms with E-state index in [-0.39, 0.29) is 17.5 Å². The molecule has 1 saturated heterocycles. The van der Waals surface area contributed by atoms with Crippen LogP contribution in [0.15, 0.2) is 22.3 Å². The fraction of sp³-hybridized carbons (Fsp3) is 0.533. The summed E-state index contributed by atoms with van der Waals surface area (Å²) in [6.45, 7) is 6.03. The highest BCUT2D eigenvalue weighted by atomic mass is 16.6. The number of aryl methyl sites for hydroxylation is 1. The Labute approximate surface area is 107 Å². The molecule has 1 aromatic rings. The van der Waals surface area contributed by atoms with Gasteiger partial charge in [0.1, 0.15) is 17.5 Å². The first kappa shape index (κ1) is 11.7. The van der Waals surface area contributed by atoms with Crippen LogP contribution < -0.4 is 0 Å². The van der Waals surface area contributed by atoms with E-state index in [2.05, 4.69) is 13.0 Å². The van der Waals surface area contributed by atoms with E-state index in [0.29, 0.717) is 0 Å². The van der Waals surface area contributed by atoms with Gasteiger partial charge in [-0.05, 0) is 39.2 Å². The second-order valence-corrected chi connectivity index (χ2v) is 5.66. The zero-order chi connectivity index (χ0) is 12.9. The van der Waals surface area contributed by atoms with Crippen LogP contribution in [-0.2, 0) is 11.2 Å². The summed E-state index contributed by atoms with van der Waals surface area (Å²) in [5, 5.41) is 0. The quantitative estimate of drug-likeness (QED) is 0.521. The van der Waals surface area contributed by atoms with Crippen molar-refractivity contribution in [2.75, 3.05) is 0 Å². The third kappa shape index (κ3) is 1.74. The number of fused-ring (bicyclic) bond motifs is 2. The van der Waals surface area contributed by atoms with Gasteiger partial charge in [-0.15, -0.1) is 0 Å². The number of rotatable bonds is 0. The first-order valence-electron chi connectivity index (χ1n) is 6.46. The van der Waals surface area contributed by atoms with E-state index < -0.39 is 0 Å². The van der Waals surface area contributed by atoms with Crippen molar-refractivity contribution in [2.24, 2.45) is 0 Å². The Morgan fingerprint density at radius 2 is 2.17 bits per heavy atom. The number of hydrogen-bond donors (Lipinski definition) is 0. The molecule has 1 fully saturated rings. The van der Waals surface area contributed by atoms with Crippen LogP contribution in [0.2, 0.25) is 0 Å². The predicted octanol–water partition coefficient (Wildman–Crippen LogP) is 3.21. The van der Waals surface area contributed by atoms with Crippen molar-refractivity contribution in [3.63, 3.8) is 0 Å². The normalized spacial score (nSPS) is 31.4. The maximum atomic E-state index is 12.5. The number of allylic oxidation sites excluding steroid dienone is 2. The van der Waals surface area contributed by atoms with Gasteiger partial charge in [0.05, 0.1) is 11.8 Å². The number of carbonyl (C=O) groups excluding carboxylic acids is 1. The molecular weight excluding hydrogens is 228 g/mol. The van der Waals surface area contributed by atoms with Gasteiger partial charge in [-0.1, -0.05) is 11.6 Å². The molecule has 96 valence electrons. The monoisotopic (exact) mass is 246 g/mol. The lowest BCUT2D eigenvalue weighted by Gasteiger charge is -2.08. The minimum absolute atomic E-state index is 0.0912. The molecule has 0 bridgehead atoms. The maximum absolute atomic E-state index is 12.5. The van der Waals surface area contributed by atoms with Crippen molar-refractivity contribution < 1.29 is 13.9 Å². The predicted molar refractivity (Wildman–Crippen MR) is 67.7 cm³/mol. The number of ketones is 1. The summed E-state index contributed by atoms with van der Waals surface area (Å²) < 4.78 is 11.2. The first-order valence-corrected chi connectivity index (χ1v) is 6.46. The van der Waals surface area contributed by atoms with Gasteiger partial charge in [-0.2, -0.15) is 0 Å². The van der Waals surface area contributed by atoms with Gasteiger partial charge in [-0.25, -0.2) is 0 Å². The highest BCUT2D eigenvalue weighted by Gasteiger charge is 2.56. The molecule has 1 aliphatic carbocycles. The van der Waals surface area contributed by atoms with E-state index in [9.17, 15) is 4.79 Å². The highest BCUT2D eigenvalue weighted by Crippen LogP contribution is 2.43. The lowest BCUT2D eigenvalue weighted by atomic mass is 9.91. The molecule has 2 heterocycles. The maximum Gasteiger partial charge on any atom is 0.198 e. The summed E-state index contributed by atoms with van der Waals surface area (Å²) in [5.41, 5.74) is 2.63. The highest BCUT2D eigenvalue weighted by molar-refractivity contribution is 6.04. The number of Topliss-reactive ketones (excluding diaryl/α,β-unsaturated/α-hetero) is 1. The zero-order valence-electron chi connectivity index (χ0n) is 11.1. The van der Waals surface area contributed by atoms with Crippen molar-refractivity contribution in [1.29, 1.82) is 0 Å². The number of epoxide rings is 1. The topological polar surface area (TPSA) is 42.7 Å². The van der Waals surface area contributed by atoms with Gasteiger partial charge in [0.15, 0.2) is 5.78 Å². The van der Waals surface area contributed by atoms with Gasteiger partial charge < -0.3 is 9.15 Å². The smallest absolute Gasteiger partial charge is 0.198 e. The van der Waals surface area contributed by atoms with Crippen LogP contribution in [0, 0.1) is 6.92 Å². The average Bonchev–Trinajstić information content (AvgIpc) is 2.84. The van der Waals surface area contributed by atoms with Gasteiger partial charge in [0.2, 0.25) is 0 Å². The molecule has 2 aliphatic rings. The first-order chi connectivity index (χ1) is 8.51. The summed E-state index contributed by atoms with van der Waals surface area (Å²) in [5.74, 6) is 0.874. The van der Waals surface area contributed by atoms with Gasteiger partial charge in [-0.3, -0.25) is 4.79 Å². The molecule has 0 saturated carbocycles. The fourth-order valence-corrected chi connectivity index (χ4v) is 2.78. The lowest BCUT2D eigenvalue weighted by Crippen LogP contribution is -2.20. The van der Waals surface area contributed by atoms with Crippen LogP contribution >= 0.6 is 0 Å². The Balaban J connectivity index is 2.05. The van der Waals surface area contributed by atoms with Crippen molar-refractivity contribution in [3.05, 3.63) is 34.8 Å². The molecule has 18 heavy (non-hydrogen) atoms. The Morgan fingerprint density at radius 3 is 2.94 bits per heavy atom. The van der Waals surface area contributed by atoms with Gasteiger partial charge >= 0.3 is 0 Å².